The molecule has 4 rings (SSSR count). The molecule has 2 aromatic carbocycles. The number of rotatable bonds is 6. The molecule has 0 atom stereocenters. The fourth-order valence-electron chi connectivity index (χ4n) is 3.94. The van der Waals surface area contributed by atoms with Gasteiger partial charge in [-0.25, -0.2) is 0 Å². The van der Waals surface area contributed by atoms with Crippen LogP contribution in [0.25, 0.3) is 0 Å². The van der Waals surface area contributed by atoms with Gasteiger partial charge in [0, 0.05) is 0 Å². The minimum Gasteiger partial charge on any atom is -0.329 e. The van der Waals surface area contributed by atoms with Gasteiger partial charge in [0.05, 0.1) is 47.2 Å². The molecule has 0 aliphatic carbocycles. The summed E-state index contributed by atoms with van der Waals surface area (Å²) in [5.41, 5.74) is 9.47. The summed E-state index contributed by atoms with van der Waals surface area (Å²) >= 11 is 5.65. The highest BCUT2D eigenvalue weighted by molar-refractivity contribution is 7.80. The molecular weight excluding hydrogens is 428 g/mol. The smallest absolute Gasteiger partial charge is 0.175 e. The first kappa shape index (κ1) is 22.7. The van der Waals surface area contributed by atoms with Crippen molar-refractivity contribution in [1.29, 1.82) is 0 Å². The van der Waals surface area contributed by atoms with Crippen LogP contribution < -0.4 is 10.6 Å². The first-order valence-electron chi connectivity index (χ1n) is 11.1. The Morgan fingerprint density at radius 1 is 0.697 bits per heavy atom. The Morgan fingerprint density at radius 3 is 1.64 bits per heavy atom. The van der Waals surface area contributed by atoms with Crippen molar-refractivity contribution in [2.24, 2.45) is 0 Å². The Morgan fingerprint density at radius 2 is 1.15 bits per heavy atom. The average Bonchev–Trinajstić information content (AvgIpc) is 3.20. The van der Waals surface area contributed by atoms with E-state index in [1.807, 2.05) is 41.4 Å². The van der Waals surface area contributed by atoms with Crippen molar-refractivity contribution in [1.82, 2.24) is 19.6 Å². The summed E-state index contributed by atoms with van der Waals surface area (Å²) in [7, 11) is 0. The summed E-state index contributed by atoms with van der Waals surface area (Å²) in [6.07, 6.45) is 0. The summed E-state index contributed by atoms with van der Waals surface area (Å²) in [4.78, 5) is 0. The van der Waals surface area contributed by atoms with Gasteiger partial charge in [0.2, 0.25) is 0 Å². The van der Waals surface area contributed by atoms with E-state index in [0.717, 1.165) is 47.2 Å². The molecular formula is C26H30N6S. The maximum Gasteiger partial charge on any atom is 0.175 e. The monoisotopic (exact) mass is 458 g/mol. The van der Waals surface area contributed by atoms with Gasteiger partial charge < -0.3 is 10.6 Å². The number of nitrogens with zero attached hydrogens (tertiary/aromatic N) is 4. The molecule has 0 saturated heterocycles. The third-order valence-corrected chi connectivity index (χ3v) is 6.07. The molecule has 2 heterocycles. The lowest BCUT2D eigenvalue weighted by Crippen LogP contribution is -2.21. The molecule has 0 aliphatic rings. The molecule has 0 saturated carbocycles. The van der Waals surface area contributed by atoms with Gasteiger partial charge in [-0.2, -0.15) is 10.2 Å². The van der Waals surface area contributed by atoms with Gasteiger partial charge in [-0.3, -0.25) is 9.36 Å². The van der Waals surface area contributed by atoms with Crippen LogP contribution in [-0.2, 0) is 13.1 Å². The van der Waals surface area contributed by atoms with Crippen molar-refractivity contribution in [2.45, 2.75) is 47.7 Å². The molecule has 170 valence electrons. The summed E-state index contributed by atoms with van der Waals surface area (Å²) < 4.78 is 4.02. The zero-order chi connectivity index (χ0) is 23.5. The van der Waals surface area contributed by atoms with E-state index in [1.54, 1.807) is 0 Å². The van der Waals surface area contributed by atoms with Gasteiger partial charge in [-0.15, -0.1) is 0 Å². The van der Waals surface area contributed by atoms with Crippen LogP contribution in [0.3, 0.4) is 0 Å². The standard InChI is InChI=1S/C26H30N6S/c1-17-11-13-23(14-12-17)16-32-21(5)25(19(3)30-32)28-26(33)27-24-18(2)29-31(20(24)4)15-22-9-7-6-8-10-22/h6-14H,15-16H2,1-5H3,(H2,27,28,33). The number of anilines is 2. The van der Waals surface area contributed by atoms with Gasteiger partial charge in [-0.05, 0) is 58.0 Å². The van der Waals surface area contributed by atoms with Crippen molar-refractivity contribution in [3.8, 4) is 0 Å². The summed E-state index contributed by atoms with van der Waals surface area (Å²) in [6, 6.07) is 18.9. The molecule has 0 amide bonds. The quantitative estimate of drug-likeness (QED) is 0.372. The van der Waals surface area contributed by atoms with E-state index in [-0.39, 0.29) is 0 Å². The topological polar surface area (TPSA) is 59.7 Å². The van der Waals surface area contributed by atoms with E-state index in [0.29, 0.717) is 5.11 Å². The number of aryl methyl sites for hydroxylation is 3. The Hall–Kier alpha value is -3.45. The van der Waals surface area contributed by atoms with Crippen molar-refractivity contribution < 1.29 is 0 Å². The largest absolute Gasteiger partial charge is 0.329 e. The van der Waals surface area contributed by atoms with Crippen LogP contribution in [0, 0.1) is 34.6 Å². The van der Waals surface area contributed by atoms with Crippen LogP contribution in [0.1, 0.15) is 39.5 Å². The highest BCUT2D eigenvalue weighted by Gasteiger charge is 2.16. The molecule has 2 aromatic heterocycles. The van der Waals surface area contributed by atoms with Crippen LogP contribution in [0.15, 0.2) is 54.6 Å². The Labute approximate surface area is 200 Å². The first-order valence-corrected chi connectivity index (χ1v) is 11.5. The zero-order valence-electron chi connectivity index (χ0n) is 19.8. The van der Waals surface area contributed by atoms with E-state index in [2.05, 4.69) is 67.8 Å². The van der Waals surface area contributed by atoms with Gasteiger partial charge in [0.25, 0.3) is 0 Å². The van der Waals surface area contributed by atoms with Gasteiger partial charge in [0.1, 0.15) is 0 Å². The van der Waals surface area contributed by atoms with E-state index in [9.17, 15) is 0 Å². The Kier molecular flexibility index (Phi) is 6.60. The van der Waals surface area contributed by atoms with Crippen LogP contribution in [0.5, 0.6) is 0 Å². The number of benzene rings is 2. The number of hydrogen-bond acceptors (Lipinski definition) is 3. The Bertz CT molecular complexity index is 1270. The predicted octanol–water partition coefficient (Wildman–Crippen LogP) is 5.53. The molecule has 0 radical (unpaired) electrons. The van der Waals surface area contributed by atoms with Crippen LogP contribution in [0.4, 0.5) is 11.4 Å². The summed E-state index contributed by atoms with van der Waals surface area (Å²) in [5, 5.41) is 16.7. The zero-order valence-corrected chi connectivity index (χ0v) is 20.6. The average molecular weight is 459 g/mol. The summed E-state index contributed by atoms with van der Waals surface area (Å²) in [6.45, 7) is 11.7. The summed E-state index contributed by atoms with van der Waals surface area (Å²) in [5.74, 6) is 0. The fraction of sp³-hybridized carbons (Fsp3) is 0.269. The number of aromatic nitrogens is 4. The molecule has 0 spiro atoms. The number of thiocarbonyl (C=S) groups is 1. The second kappa shape index (κ2) is 9.58. The maximum atomic E-state index is 5.65. The molecule has 2 N–H and O–H groups in total. The molecule has 0 aliphatic heterocycles. The first-order chi connectivity index (χ1) is 15.8. The van der Waals surface area contributed by atoms with Crippen molar-refractivity contribution in [3.05, 3.63) is 94.1 Å². The number of nitrogens with one attached hydrogen (secondary N) is 2. The molecule has 0 fully saturated rings. The van der Waals surface area contributed by atoms with Crippen molar-refractivity contribution in [2.75, 3.05) is 10.6 Å². The molecule has 0 unspecified atom stereocenters. The van der Waals surface area contributed by atoms with E-state index in [1.165, 1.54) is 16.7 Å². The van der Waals surface area contributed by atoms with E-state index in [4.69, 9.17) is 22.4 Å². The van der Waals surface area contributed by atoms with Gasteiger partial charge >= 0.3 is 0 Å². The van der Waals surface area contributed by atoms with Crippen LogP contribution in [-0.4, -0.2) is 24.7 Å². The second-order valence-corrected chi connectivity index (χ2v) is 8.87. The maximum absolute atomic E-state index is 5.65. The lowest BCUT2D eigenvalue weighted by atomic mass is 10.1. The fourth-order valence-corrected chi connectivity index (χ4v) is 4.15. The molecule has 33 heavy (non-hydrogen) atoms. The molecule has 6 nitrogen and oxygen atoms in total. The lowest BCUT2D eigenvalue weighted by molar-refractivity contribution is 0.659. The molecule has 0 bridgehead atoms. The Balaban J connectivity index is 1.47. The lowest BCUT2D eigenvalue weighted by Gasteiger charge is -2.12. The SMILES string of the molecule is Cc1ccc(Cn2nc(C)c(NC(=S)Nc3c(C)nn(Cc4ccccc4)c3C)c2C)cc1. The molecule has 4 aromatic rings. The third kappa shape index (κ3) is 5.14. The van der Waals surface area contributed by atoms with E-state index < -0.39 is 0 Å². The van der Waals surface area contributed by atoms with Crippen molar-refractivity contribution in [3.63, 3.8) is 0 Å². The van der Waals surface area contributed by atoms with Crippen molar-refractivity contribution >= 4 is 28.7 Å². The van der Waals surface area contributed by atoms with Crippen LogP contribution in [0.2, 0.25) is 0 Å². The predicted molar refractivity (Wildman–Crippen MR) is 139 cm³/mol. The third-order valence-electron chi connectivity index (χ3n) is 5.87. The van der Waals surface area contributed by atoms with E-state index >= 15 is 0 Å². The minimum absolute atomic E-state index is 0.529. The van der Waals surface area contributed by atoms with Gasteiger partial charge in [0.15, 0.2) is 5.11 Å². The highest BCUT2D eigenvalue weighted by atomic mass is 32.1. The number of hydrogen-bond donors (Lipinski definition) is 2. The minimum atomic E-state index is 0.529. The highest BCUT2D eigenvalue weighted by Crippen LogP contribution is 2.23. The molecule has 7 heteroatoms. The normalized spacial score (nSPS) is 10.9. The van der Waals surface area contributed by atoms with Gasteiger partial charge in [-0.1, -0.05) is 60.2 Å². The van der Waals surface area contributed by atoms with Crippen LogP contribution >= 0.6 is 12.2 Å². The second-order valence-electron chi connectivity index (χ2n) is 8.46.